The smallest absolute Gasteiger partial charge is 0.311 e. The average molecular weight is 515 g/mol. The zero-order chi connectivity index (χ0) is 25.7. The first kappa shape index (κ1) is 34.9. The molecule has 0 heterocycles. The molecule has 0 saturated carbocycles. The molecule has 3 nitrogen and oxygen atoms in total. The number of hydrogen-bond donors (Lipinski definition) is 0. The number of carbonyl (C=O) groups excluding carboxylic acids is 1. The van der Waals surface area contributed by atoms with Crippen LogP contribution in [0.15, 0.2) is 0 Å². The summed E-state index contributed by atoms with van der Waals surface area (Å²) in [6.45, 7) is 5.58. The zero-order valence-electron chi connectivity index (χ0n) is 24.0. The molecule has 0 bridgehead atoms. The number of hydrogen-bond acceptors (Lipinski definition) is 3. The first-order valence-corrected chi connectivity index (χ1v) is 16.2. The second-order valence-electron chi connectivity index (χ2n) is 10.8. The van der Waals surface area contributed by atoms with Crippen molar-refractivity contribution in [3.63, 3.8) is 0 Å². The molecule has 35 heavy (non-hydrogen) atoms. The first-order chi connectivity index (χ1) is 17.3. The summed E-state index contributed by atoms with van der Waals surface area (Å²) in [6.07, 6.45) is 32.9. The molecular formula is C31H63O3P. The Labute approximate surface area is 222 Å². The van der Waals surface area contributed by atoms with Crippen molar-refractivity contribution in [3.05, 3.63) is 0 Å². The summed E-state index contributed by atoms with van der Waals surface area (Å²) in [7, 11) is 2.28. The van der Waals surface area contributed by atoms with Crippen molar-refractivity contribution in [1.82, 2.24) is 0 Å². The van der Waals surface area contributed by atoms with E-state index in [9.17, 15) is 4.79 Å². The van der Waals surface area contributed by atoms with Gasteiger partial charge in [0.15, 0.2) is 0 Å². The number of carbonyl (C=O) groups is 1. The van der Waals surface area contributed by atoms with Gasteiger partial charge < -0.3 is 9.26 Å². The molecule has 0 aromatic heterocycles. The molecule has 210 valence electrons. The Bertz CT molecular complexity index is 416. The van der Waals surface area contributed by atoms with Crippen LogP contribution in [0.5, 0.6) is 0 Å². The van der Waals surface area contributed by atoms with Gasteiger partial charge in [0.2, 0.25) is 0 Å². The van der Waals surface area contributed by atoms with E-state index in [1.165, 1.54) is 141 Å². The third-order valence-electron chi connectivity index (χ3n) is 7.28. The number of rotatable bonds is 29. The summed E-state index contributed by atoms with van der Waals surface area (Å²) < 4.78 is 10.8. The highest BCUT2D eigenvalue weighted by Gasteiger charge is 2.19. The van der Waals surface area contributed by atoms with Gasteiger partial charge in [-0.1, -0.05) is 162 Å². The molecule has 2 unspecified atom stereocenters. The van der Waals surface area contributed by atoms with Crippen molar-refractivity contribution in [3.8, 4) is 0 Å². The SMILES string of the molecule is CCCCCCCCCCCCCCCCOC(=O)C(CCCCCCCCCCCC)COP. The van der Waals surface area contributed by atoms with Crippen LogP contribution in [0.3, 0.4) is 0 Å². The largest absolute Gasteiger partial charge is 0.465 e. The molecule has 0 spiro atoms. The van der Waals surface area contributed by atoms with E-state index in [1.807, 2.05) is 0 Å². The minimum absolute atomic E-state index is 0.0573. The summed E-state index contributed by atoms with van der Waals surface area (Å²) in [4.78, 5) is 12.4. The predicted molar refractivity (Wildman–Crippen MR) is 157 cm³/mol. The molecule has 0 rings (SSSR count). The monoisotopic (exact) mass is 514 g/mol. The first-order valence-electron chi connectivity index (χ1n) is 15.7. The van der Waals surface area contributed by atoms with E-state index < -0.39 is 0 Å². The summed E-state index contributed by atoms with van der Waals surface area (Å²) in [6, 6.07) is 0. The van der Waals surface area contributed by atoms with Crippen molar-refractivity contribution in [2.75, 3.05) is 13.2 Å². The lowest BCUT2D eigenvalue weighted by Gasteiger charge is -2.15. The Balaban J connectivity index is 3.52. The molecule has 2 atom stereocenters. The summed E-state index contributed by atoms with van der Waals surface area (Å²) in [5, 5.41) is 0. The van der Waals surface area contributed by atoms with Crippen LogP contribution in [-0.4, -0.2) is 19.2 Å². The fourth-order valence-electron chi connectivity index (χ4n) is 4.85. The van der Waals surface area contributed by atoms with Crippen LogP contribution in [0.2, 0.25) is 0 Å². The maximum absolute atomic E-state index is 12.4. The Morgan fingerprint density at radius 1 is 0.543 bits per heavy atom. The number of ether oxygens (including phenoxy) is 1. The summed E-state index contributed by atoms with van der Waals surface area (Å²) in [5.41, 5.74) is 0. The standard InChI is InChI=1S/C31H63O3P/c1-3-5-7-9-11-13-15-16-17-18-20-22-24-26-28-33-31(32)30(29-34-35)27-25-23-21-19-14-12-10-8-6-4-2/h30H,3-29,35H2,1-2H3. The van der Waals surface area contributed by atoms with E-state index in [4.69, 9.17) is 9.26 Å². The molecule has 0 aliphatic heterocycles. The van der Waals surface area contributed by atoms with Gasteiger partial charge >= 0.3 is 5.97 Å². The normalized spacial score (nSPS) is 12.2. The van der Waals surface area contributed by atoms with Crippen molar-refractivity contribution in [1.29, 1.82) is 0 Å². The van der Waals surface area contributed by atoms with Crippen LogP contribution in [0.4, 0.5) is 0 Å². The van der Waals surface area contributed by atoms with Crippen LogP contribution < -0.4 is 0 Å². The maximum Gasteiger partial charge on any atom is 0.311 e. The minimum Gasteiger partial charge on any atom is -0.465 e. The van der Waals surface area contributed by atoms with Crippen LogP contribution in [0.1, 0.15) is 174 Å². The lowest BCUT2D eigenvalue weighted by atomic mass is 10.0. The highest BCUT2D eigenvalue weighted by molar-refractivity contribution is 7.09. The highest BCUT2D eigenvalue weighted by atomic mass is 31.0. The third kappa shape index (κ3) is 26.7. The Kier molecular flexibility index (Phi) is 30.0. The van der Waals surface area contributed by atoms with E-state index >= 15 is 0 Å². The van der Waals surface area contributed by atoms with Crippen LogP contribution in [-0.2, 0) is 14.1 Å². The van der Waals surface area contributed by atoms with E-state index in [0.717, 1.165) is 19.3 Å². The van der Waals surface area contributed by atoms with Gasteiger partial charge in [0.25, 0.3) is 0 Å². The molecule has 0 aromatic carbocycles. The van der Waals surface area contributed by atoms with E-state index in [2.05, 4.69) is 23.3 Å². The Hall–Kier alpha value is -0.140. The van der Waals surface area contributed by atoms with Crippen molar-refractivity contribution >= 4 is 15.4 Å². The average Bonchev–Trinajstić information content (AvgIpc) is 2.86. The molecule has 0 aliphatic carbocycles. The van der Waals surface area contributed by atoms with Crippen LogP contribution in [0.25, 0.3) is 0 Å². The minimum atomic E-state index is -0.104. The second-order valence-corrected chi connectivity index (χ2v) is 11.1. The van der Waals surface area contributed by atoms with Crippen molar-refractivity contribution in [2.45, 2.75) is 174 Å². The molecule has 0 aromatic rings. The molecule has 0 fully saturated rings. The molecule has 4 heteroatoms. The fourth-order valence-corrected chi connectivity index (χ4v) is 5.08. The van der Waals surface area contributed by atoms with Crippen molar-refractivity contribution in [2.24, 2.45) is 5.92 Å². The number of esters is 1. The van der Waals surface area contributed by atoms with E-state index in [0.29, 0.717) is 13.2 Å². The molecular weight excluding hydrogens is 451 g/mol. The molecule has 0 radical (unpaired) electrons. The van der Waals surface area contributed by atoms with Gasteiger partial charge in [-0.25, -0.2) is 0 Å². The molecule has 0 N–H and O–H groups in total. The number of unbranched alkanes of at least 4 members (excludes halogenated alkanes) is 22. The van der Waals surface area contributed by atoms with E-state index in [1.54, 1.807) is 0 Å². The van der Waals surface area contributed by atoms with Crippen molar-refractivity contribution < 1.29 is 14.1 Å². The summed E-state index contributed by atoms with van der Waals surface area (Å²) >= 11 is 0. The van der Waals surface area contributed by atoms with Gasteiger partial charge in [0.1, 0.15) is 0 Å². The molecule has 0 aliphatic rings. The Morgan fingerprint density at radius 3 is 1.26 bits per heavy atom. The zero-order valence-corrected chi connectivity index (χ0v) is 25.1. The fraction of sp³-hybridized carbons (Fsp3) is 0.968. The van der Waals surface area contributed by atoms with Gasteiger partial charge in [-0.3, -0.25) is 4.79 Å². The van der Waals surface area contributed by atoms with Gasteiger partial charge in [-0.05, 0) is 12.8 Å². The quantitative estimate of drug-likeness (QED) is 0.0565. The van der Waals surface area contributed by atoms with Gasteiger partial charge in [0, 0.05) is 9.47 Å². The van der Waals surface area contributed by atoms with Gasteiger partial charge in [0.05, 0.1) is 19.1 Å². The van der Waals surface area contributed by atoms with Crippen LogP contribution in [0, 0.1) is 5.92 Å². The predicted octanol–water partition coefficient (Wildman–Crippen LogP) is 10.7. The summed E-state index contributed by atoms with van der Waals surface area (Å²) in [5.74, 6) is -0.161. The molecule has 0 amide bonds. The van der Waals surface area contributed by atoms with Crippen LogP contribution >= 0.6 is 9.47 Å². The van der Waals surface area contributed by atoms with Gasteiger partial charge in [-0.15, -0.1) is 0 Å². The third-order valence-corrected chi connectivity index (χ3v) is 7.47. The lowest BCUT2D eigenvalue weighted by Crippen LogP contribution is -2.22. The highest BCUT2D eigenvalue weighted by Crippen LogP contribution is 2.17. The maximum atomic E-state index is 12.4. The second kappa shape index (κ2) is 30.1. The Morgan fingerprint density at radius 2 is 0.886 bits per heavy atom. The van der Waals surface area contributed by atoms with Gasteiger partial charge in [-0.2, -0.15) is 0 Å². The molecule has 0 saturated heterocycles. The van der Waals surface area contributed by atoms with E-state index in [-0.39, 0.29) is 11.9 Å². The topological polar surface area (TPSA) is 35.5 Å². The lowest BCUT2D eigenvalue weighted by molar-refractivity contribution is -0.150.